The van der Waals surface area contributed by atoms with Gasteiger partial charge in [0, 0.05) is 16.7 Å². The Hall–Kier alpha value is -1.14. The molecule has 108 valence electrons. The van der Waals surface area contributed by atoms with Gasteiger partial charge in [0.2, 0.25) is 10.0 Å². The second-order valence-electron chi connectivity index (χ2n) is 4.47. The molecule has 1 saturated heterocycles. The molecule has 0 bridgehead atoms. The van der Waals surface area contributed by atoms with Crippen LogP contribution in [0.5, 0.6) is 0 Å². The van der Waals surface area contributed by atoms with Crippen molar-refractivity contribution in [3.05, 3.63) is 22.2 Å². The molecule has 20 heavy (non-hydrogen) atoms. The Morgan fingerprint density at radius 3 is 2.90 bits per heavy atom. The van der Waals surface area contributed by atoms with Crippen molar-refractivity contribution < 1.29 is 13.2 Å². The van der Waals surface area contributed by atoms with Gasteiger partial charge >= 0.3 is 0 Å². The highest BCUT2D eigenvalue weighted by atomic mass is 79.9. The lowest BCUT2D eigenvalue weighted by molar-refractivity contribution is 0.0311. The highest BCUT2D eigenvalue weighted by Gasteiger charge is 2.32. The van der Waals surface area contributed by atoms with Crippen LogP contribution in [-0.2, 0) is 14.8 Å². The van der Waals surface area contributed by atoms with Gasteiger partial charge in [0.15, 0.2) is 6.10 Å². The lowest BCUT2D eigenvalue weighted by Crippen LogP contribution is -2.45. The summed E-state index contributed by atoms with van der Waals surface area (Å²) in [7, 11) is -3.69. The number of nitrogen functional groups attached to an aromatic ring is 1. The summed E-state index contributed by atoms with van der Waals surface area (Å²) < 4.78 is 32.3. The minimum Gasteiger partial charge on any atom is -0.398 e. The van der Waals surface area contributed by atoms with E-state index >= 15 is 0 Å². The third kappa shape index (κ3) is 2.81. The maximum Gasteiger partial charge on any atom is 0.243 e. The van der Waals surface area contributed by atoms with Crippen molar-refractivity contribution in [2.45, 2.75) is 17.9 Å². The Balaban J connectivity index is 2.43. The van der Waals surface area contributed by atoms with Crippen molar-refractivity contribution in [2.24, 2.45) is 0 Å². The van der Waals surface area contributed by atoms with E-state index in [2.05, 4.69) is 15.9 Å². The van der Waals surface area contributed by atoms with E-state index in [0.717, 1.165) is 0 Å². The van der Waals surface area contributed by atoms with E-state index in [1.165, 1.54) is 10.4 Å². The standard InChI is InChI=1S/C12H14BrN3O3S/c1-8-11(15)4-9(13)5-12(8)20(17,18)16-2-3-19-10(6-14)7-16/h4-5,10H,2-3,7,15H2,1H3. The van der Waals surface area contributed by atoms with Crippen LogP contribution in [0.25, 0.3) is 0 Å². The molecular formula is C12H14BrN3O3S. The zero-order valence-corrected chi connectivity index (χ0v) is 13.2. The van der Waals surface area contributed by atoms with Crippen LogP contribution >= 0.6 is 15.9 Å². The molecule has 0 aromatic heterocycles. The maximum absolute atomic E-state index is 12.7. The van der Waals surface area contributed by atoms with E-state index in [4.69, 9.17) is 15.7 Å². The topological polar surface area (TPSA) is 96.4 Å². The van der Waals surface area contributed by atoms with Gasteiger partial charge in [-0.1, -0.05) is 15.9 Å². The second kappa shape index (κ2) is 5.69. The molecule has 1 fully saturated rings. The molecule has 1 aliphatic rings. The van der Waals surface area contributed by atoms with Crippen molar-refractivity contribution in [3.63, 3.8) is 0 Å². The molecule has 1 heterocycles. The molecule has 1 unspecified atom stereocenters. The number of nitrogens with two attached hydrogens (primary N) is 1. The first-order chi connectivity index (χ1) is 9.36. The molecule has 1 aromatic rings. The SMILES string of the molecule is Cc1c(N)cc(Br)cc1S(=O)(=O)N1CCOC(C#N)C1. The number of nitrogens with zero attached hydrogens (tertiary/aromatic N) is 2. The van der Waals surface area contributed by atoms with Crippen LogP contribution in [0, 0.1) is 18.3 Å². The fourth-order valence-corrected chi connectivity index (χ4v) is 4.34. The van der Waals surface area contributed by atoms with Crippen LogP contribution in [0.3, 0.4) is 0 Å². The van der Waals surface area contributed by atoms with Gasteiger partial charge in [-0.2, -0.15) is 9.57 Å². The van der Waals surface area contributed by atoms with Gasteiger partial charge in [-0.3, -0.25) is 0 Å². The molecule has 8 heteroatoms. The van der Waals surface area contributed by atoms with Gasteiger partial charge in [0.1, 0.15) is 0 Å². The fourth-order valence-electron chi connectivity index (χ4n) is 2.00. The van der Waals surface area contributed by atoms with Gasteiger partial charge in [-0.15, -0.1) is 0 Å². The zero-order chi connectivity index (χ0) is 14.9. The van der Waals surface area contributed by atoms with Crippen molar-refractivity contribution >= 4 is 31.6 Å². The fraction of sp³-hybridized carbons (Fsp3) is 0.417. The van der Waals surface area contributed by atoms with Crippen molar-refractivity contribution in [1.29, 1.82) is 5.26 Å². The Morgan fingerprint density at radius 2 is 2.25 bits per heavy atom. The normalized spacial score (nSPS) is 20.6. The van der Waals surface area contributed by atoms with Gasteiger partial charge in [0.25, 0.3) is 0 Å². The minimum atomic E-state index is -3.69. The first-order valence-electron chi connectivity index (χ1n) is 5.93. The van der Waals surface area contributed by atoms with Crippen LogP contribution in [-0.4, -0.2) is 38.5 Å². The average Bonchev–Trinajstić information content (AvgIpc) is 2.42. The van der Waals surface area contributed by atoms with E-state index in [-0.39, 0.29) is 24.6 Å². The van der Waals surface area contributed by atoms with Crippen LogP contribution in [0.1, 0.15) is 5.56 Å². The van der Waals surface area contributed by atoms with E-state index < -0.39 is 16.1 Å². The van der Waals surface area contributed by atoms with Crippen LogP contribution in [0.15, 0.2) is 21.5 Å². The molecule has 0 amide bonds. The largest absolute Gasteiger partial charge is 0.398 e. The number of nitriles is 1. The summed E-state index contributed by atoms with van der Waals surface area (Å²) in [5.41, 5.74) is 6.72. The number of anilines is 1. The van der Waals surface area contributed by atoms with Crippen molar-refractivity contribution in [2.75, 3.05) is 25.4 Å². The van der Waals surface area contributed by atoms with Gasteiger partial charge in [0.05, 0.1) is 24.1 Å². The summed E-state index contributed by atoms with van der Waals surface area (Å²) in [5.74, 6) is 0. The molecule has 0 aliphatic carbocycles. The monoisotopic (exact) mass is 359 g/mol. The summed E-state index contributed by atoms with van der Waals surface area (Å²) in [5, 5.41) is 8.86. The number of halogens is 1. The lowest BCUT2D eigenvalue weighted by Gasteiger charge is -2.29. The second-order valence-corrected chi connectivity index (χ2v) is 7.29. The van der Waals surface area contributed by atoms with Crippen LogP contribution < -0.4 is 5.73 Å². The Morgan fingerprint density at radius 1 is 1.55 bits per heavy atom. The Kier molecular flexibility index (Phi) is 4.34. The first kappa shape index (κ1) is 15.3. The van der Waals surface area contributed by atoms with E-state index in [1.54, 1.807) is 13.0 Å². The molecule has 0 radical (unpaired) electrons. The summed E-state index contributed by atoms with van der Waals surface area (Å²) in [4.78, 5) is 0.156. The van der Waals surface area contributed by atoms with E-state index in [1.807, 2.05) is 6.07 Å². The molecule has 0 spiro atoms. The number of hydrogen-bond acceptors (Lipinski definition) is 5. The predicted molar refractivity (Wildman–Crippen MR) is 77.4 cm³/mol. The number of sulfonamides is 1. The third-order valence-corrected chi connectivity index (χ3v) is 5.61. The summed E-state index contributed by atoms with van der Waals surface area (Å²) in [6.07, 6.45) is -0.733. The first-order valence-corrected chi connectivity index (χ1v) is 8.16. The number of morpholine rings is 1. The number of benzene rings is 1. The third-order valence-electron chi connectivity index (χ3n) is 3.16. The smallest absolute Gasteiger partial charge is 0.243 e. The lowest BCUT2D eigenvalue weighted by atomic mass is 10.2. The maximum atomic E-state index is 12.7. The quantitative estimate of drug-likeness (QED) is 0.801. The zero-order valence-electron chi connectivity index (χ0n) is 10.8. The molecule has 1 atom stereocenters. The van der Waals surface area contributed by atoms with E-state index in [0.29, 0.717) is 15.7 Å². The van der Waals surface area contributed by atoms with Crippen LogP contribution in [0.4, 0.5) is 5.69 Å². The summed E-state index contributed by atoms with van der Waals surface area (Å²) >= 11 is 3.25. The van der Waals surface area contributed by atoms with Gasteiger partial charge in [-0.05, 0) is 24.6 Å². The molecule has 2 rings (SSSR count). The van der Waals surface area contributed by atoms with Crippen molar-refractivity contribution in [3.8, 4) is 6.07 Å². The number of ether oxygens (including phenoxy) is 1. The van der Waals surface area contributed by atoms with Gasteiger partial charge < -0.3 is 10.5 Å². The molecule has 2 N–H and O–H groups in total. The molecule has 6 nitrogen and oxygen atoms in total. The van der Waals surface area contributed by atoms with E-state index in [9.17, 15) is 8.42 Å². The average molecular weight is 360 g/mol. The number of hydrogen-bond donors (Lipinski definition) is 1. The highest BCUT2D eigenvalue weighted by molar-refractivity contribution is 9.10. The molecule has 1 aromatic carbocycles. The Bertz CT molecular complexity index is 669. The number of rotatable bonds is 2. The Labute approximate surface area is 126 Å². The van der Waals surface area contributed by atoms with Gasteiger partial charge in [-0.25, -0.2) is 8.42 Å². The summed E-state index contributed by atoms with van der Waals surface area (Å²) in [6, 6.07) is 5.12. The summed E-state index contributed by atoms with van der Waals surface area (Å²) in [6.45, 7) is 2.13. The minimum absolute atomic E-state index is 0.0324. The highest BCUT2D eigenvalue weighted by Crippen LogP contribution is 2.29. The van der Waals surface area contributed by atoms with Crippen molar-refractivity contribution in [1.82, 2.24) is 4.31 Å². The van der Waals surface area contributed by atoms with Crippen LogP contribution in [0.2, 0.25) is 0 Å². The predicted octanol–water partition coefficient (Wildman–Crippen LogP) is 1.25. The molecule has 1 aliphatic heterocycles. The molecule has 0 saturated carbocycles. The molecular weight excluding hydrogens is 346 g/mol.